The van der Waals surface area contributed by atoms with E-state index in [4.69, 9.17) is 19.8 Å². The van der Waals surface area contributed by atoms with Crippen molar-refractivity contribution in [1.82, 2.24) is 4.90 Å². The number of carboxylic acids is 2. The van der Waals surface area contributed by atoms with Crippen LogP contribution in [-0.4, -0.2) is 39.6 Å². The summed E-state index contributed by atoms with van der Waals surface area (Å²) in [7, 11) is 0. The molecule has 0 saturated carbocycles. The molecule has 0 aromatic heterocycles. The van der Waals surface area contributed by atoms with Gasteiger partial charge in [0.1, 0.15) is 0 Å². The van der Waals surface area contributed by atoms with Gasteiger partial charge in [-0.2, -0.15) is 0 Å². The summed E-state index contributed by atoms with van der Waals surface area (Å²) >= 11 is 0. The topological polar surface area (TPSA) is 77.8 Å². The van der Waals surface area contributed by atoms with Gasteiger partial charge in [0.15, 0.2) is 0 Å². The van der Waals surface area contributed by atoms with Crippen molar-refractivity contribution in [3.8, 4) is 0 Å². The van der Waals surface area contributed by atoms with Crippen LogP contribution in [0.5, 0.6) is 0 Å². The van der Waals surface area contributed by atoms with E-state index in [2.05, 4.69) is 79.4 Å². The van der Waals surface area contributed by atoms with Gasteiger partial charge in [-0.15, -0.1) is 0 Å². The predicted molar refractivity (Wildman–Crippen MR) is 109 cm³/mol. The lowest BCUT2D eigenvalue weighted by atomic mass is 9.90. The van der Waals surface area contributed by atoms with E-state index >= 15 is 0 Å². The Morgan fingerprint density at radius 1 is 0.893 bits per heavy atom. The lowest BCUT2D eigenvalue weighted by molar-refractivity contribution is -0.159. The smallest absolute Gasteiger partial charge is 0.414 e. The maximum Gasteiger partial charge on any atom is 0.414 e. The highest BCUT2D eigenvalue weighted by atomic mass is 16.4. The third kappa shape index (κ3) is 6.35. The van der Waals surface area contributed by atoms with Gasteiger partial charge < -0.3 is 10.2 Å². The van der Waals surface area contributed by atoms with Crippen molar-refractivity contribution in [3.63, 3.8) is 0 Å². The molecular formula is C23H27NO4. The first-order valence-corrected chi connectivity index (χ1v) is 9.33. The summed E-state index contributed by atoms with van der Waals surface area (Å²) < 4.78 is 0. The molecule has 2 aromatic carbocycles. The van der Waals surface area contributed by atoms with Crippen molar-refractivity contribution in [2.75, 3.05) is 6.54 Å². The van der Waals surface area contributed by atoms with Crippen LogP contribution in [0.3, 0.4) is 0 Å². The number of rotatable bonds is 4. The predicted octanol–water partition coefficient (Wildman–Crippen LogP) is 4.00. The first kappa shape index (κ1) is 21.4. The highest BCUT2D eigenvalue weighted by molar-refractivity contribution is 6.27. The van der Waals surface area contributed by atoms with Gasteiger partial charge in [0, 0.05) is 19.1 Å². The molecule has 0 radical (unpaired) electrons. The Morgan fingerprint density at radius 3 is 1.89 bits per heavy atom. The summed E-state index contributed by atoms with van der Waals surface area (Å²) in [5.41, 5.74) is 5.98. The normalized spacial score (nSPS) is 16.9. The van der Waals surface area contributed by atoms with E-state index in [1.165, 1.54) is 17.5 Å². The zero-order chi connectivity index (χ0) is 20.5. The van der Waals surface area contributed by atoms with Gasteiger partial charge in [-0.1, -0.05) is 71.8 Å². The van der Waals surface area contributed by atoms with Crippen LogP contribution in [0.4, 0.5) is 0 Å². The Labute approximate surface area is 165 Å². The largest absolute Gasteiger partial charge is 0.473 e. The first-order chi connectivity index (χ1) is 13.4. The van der Waals surface area contributed by atoms with E-state index in [1.54, 1.807) is 11.1 Å². The molecule has 0 aliphatic carbocycles. The number of aliphatic carboxylic acids is 2. The van der Waals surface area contributed by atoms with E-state index in [9.17, 15) is 0 Å². The summed E-state index contributed by atoms with van der Waals surface area (Å²) in [5, 5.41) is 14.8. The van der Waals surface area contributed by atoms with Crippen molar-refractivity contribution >= 4 is 11.9 Å². The minimum Gasteiger partial charge on any atom is -0.473 e. The van der Waals surface area contributed by atoms with Crippen LogP contribution in [0.25, 0.3) is 0 Å². The van der Waals surface area contributed by atoms with E-state index in [0.29, 0.717) is 6.04 Å². The van der Waals surface area contributed by atoms with Gasteiger partial charge in [-0.25, -0.2) is 9.59 Å². The van der Waals surface area contributed by atoms with Gasteiger partial charge in [-0.05, 0) is 37.8 Å². The lowest BCUT2D eigenvalue weighted by Crippen LogP contribution is -2.41. The summed E-state index contributed by atoms with van der Waals surface area (Å²) in [6.07, 6.45) is 2.31. The van der Waals surface area contributed by atoms with Crippen LogP contribution in [0.2, 0.25) is 0 Å². The molecule has 1 atom stereocenters. The summed E-state index contributed by atoms with van der Waals surface area (Å²) in [6, 6.07) is 22.2. The van der Waals surface area contributed by atoms with E-state index in [-0.39, 0.29) is 0 Å². The summed E-state index contributed by atoms with van der Waals surface area (Å²) in [5.74, 6) is -3.65. The Kier molecular flexibility index (Phi) is 7.96. The summed E-state index contributed by atoms with van der Waals surface area (Å²) in [4.78, 5) is 20.8. The number of carbonyl (C=O) groups is 2. The maximum atomic E-state index is 9.10. The van der Waals surface area contributed by atoms with Crippen molar-refractivity contribution in [1.29, 1.82) is 0 Å². The molecule has 1 heterocycles. The average Bonchev–Trinajstić information content (AvgIpc) is 2.69. The monoisotopic (exact) mass is 381 g/mol. The SMILES string of the molecule is CC1=C(C)C(Cc2ccccc2)N(Cc2ccccc2)CC1.O=C(O)C(=O)O. The summed E-state index contributed by atoms with van der Waals surface area (Å²) in [6.45, 7) is 6.83. The molecule has 1 unspecified atom stereocenters. The highest BCUT2D eigenvalue weighted by Crippen LogP contribution is 2.27. The van der Waals surface area contributed by atoms with Crippen LogP contribution >= 0.6 is 0 Å². The van der Waals surface area contributed by atoms with Crippen molar-refractivity contribution in [3.05, 3.63) is 82.9 Å². The van der Waals surface area contributed by atoms with Gasteiger partial charge in [-0.3, -0.25) is 4.90 Å². The van der Waals surface area contributed by atoms with Crippen molar-refractivity contribution < 1.29 is 19.8 Å². The van der Waals surface area contributed by atoms with E-state index < -0.39 is 11.9 Å². The molecule has 0 bridgehead atoms. The number of carboxylic acid groups (broad SMARTS) is 2. The van der Waals surface area contributed by atoms with Gasteiger partial charge in [0.05, 0.1) is 0 Å². The van der Waals surface area contributed by atoms with Crippen LogP contribution in [0.1, 0.15) is 31.4 Å². The molecule has 1 aliphatic rings. The standard InChI is InChI=1S/C21H25N.C2H2O4/c1-17-13-14-22(16-20-11-7-4-8-12-20)21(18(17)2)15-19-9-5-3-6-10-19;3-1(4)2(5)6/h3-12,21H,13-16H2,1-2H3;(H,3,4)(H,5,6). The third-order valence-corrected chi connectivity index (χ3v) is 5.07. The minimum atomic E-state index is -1.82. The Morgan fingerprint density at radius 2 is 1.39 bits per heavy atom. The Hall–Kier alpha value is -2.92. The second kappa shape index (κ2) is 10.4. The molecule has 5 nitrogen and oxygen atoms in total. The van der Waals surface area contributed by atoms with E-state index in [1.807, 2.05) is 0 Å². The fourth-order valence-corrected chi connectivity index (χ4v) is 3.35. The molecule has 1 aliphatic heterocycles. The van der Waals surface area contributed by atoms with Crippen LogP contribution < -0.4 is 0 Å². The molecule has 2 N–H and O–H groups in total. The quantitative estimate of drug-likeness (QED) is 0.618. The molecule has 2 aromatic rings. The molecule has 0 saturated heterocycles. The fourth-order valence-electron chi connectivity index (χ4n) is 3.35. The average molecular weight is 381 g/mol. The molecule has 3 rings (SSSR count). The second-order valence-corrected chi connectivity index (χ2v) is 6.99. The van der Waals surface area contributed by atoms with Crippen LogP contribution in [-0.2, 0) is 22.6 Å². The van der Waals surface area contributed by atoms with Crippen LogP contribution in [0.15, 0.2) is 71.8 Å². The third-order valence-electron chi connectivity index (χ3n) is 5.07. The van der Waals surface area contributed by atoms with E-state index in [0.717, 1.165) is 19.5 Å². The number of hydrogen-bond acceptors (Lipinski definition) is 3. The lowest BCUT2D eigenvalue weighted by Gasteiger charge is -2.37. The molecule has 0 fully saturated rings. The zero-order valence-corrected chi connectivity index (χ0v) is 16.3. The highest BCUT2D eigenvalue weighted by Gasteiger charge is 2.25. The number of benzene rings is 2. The van der Waals surface area contributed by atoms with Gasteiger partial charge >= 0.3 is 11.9 Å². The number of nitrogens with zero attached hydrogens (tertiary/aromatic N) is 1. The fraction of sp³-hybridized carbons (Fsp3) is 0.304. The van der Waals surface area contributed by atoms with Crippen molar-refractivity contribution in [2.45, 2.75) is 39.3 Å². The molecule has 0 spiro atoms. The number of hydrogen-bond donors (Lipinski definition) is 2. The first-order valence-electron chi connectivity index (χ1n) is 9.33. The molecule has 148 valence electrons. The van der Waals surface area contributed by atoms with Crippen molar-refractivity contribution in [2.24, 2.45) is 0 Å². The Bertz CT molecular complexity index is 803. The molecule has 5 heteroatoms. The zero-order valence-electron chi connectivity index (χ0n) is 16.3. The Balaban J connectivity index is 0.000000409. The van der Waals surface area contributed by atoms with Gasteiger partial charge in [0.25, 0.3) is 0 Å². The molecular weight excluding hydrogens is 354 g/mol. The van der Waals surface area contributed by atoms with Crippen LogP contribution in [0, 0.1) is 0 Å². The molecule has 28 heavy (non-hydrogen) atoms. The minimum absolute atomic E-state index is 0.524. The van der Waals surface area contributed by atoms with Gasteiger partial charge in [0.2, 0.25) is 0 Å². The second-order valence-electron chi connectivity index (χ2n) is 6.99. The molecule has 0 amide bonds. The maximum absolute atomic E-state index is 9.10.